The number of ether oxygens (including phenoxy) is 1. The molecule has 0 fully saturated rings. The molecule has 1 atom stereocenters. The monoisotopic (exact) mass is 386 g/mol. The normalized spacial score (nSPS) is 17.0. The number of halogens is 2. The maximum Gasteiger partial charge on any atom is 0.325 e. The third-order valence-corrected chi connectivity index (χ3v) is 4.29. The molecule has 0 bridgehead atoms. The van der Waals surface area contributed by atoms with Gasteiger partial charge in [-0.2, -0.15) is 0 Å². The molecule has 4 nitrogen and oxygen atoms in total. The molecule has 3 rings (SSSR count). The van der Waals surface area contributed by atoms with Gasteiger partial charge in [-0.3, -0.25) is 4.79 Å². The minimum Gasteiger partial charge on any atom is -0.465 e. The highest BCUT2D eigenvalue weighted by Gasteiger charge is 2.24. The average molecular weight is 388 g/mol. The van der Waals surface area contributed by atoms with Crippen LogP contribution in [0.4, 0.5) is 0 Å². The van der Waals surface area contributed by atoms with E-state index < -0.39 is 0 Å². The number of nitrogens with two attached hydrogens (primary N) is 1. The summed E-state index contributed by atoms with van der Waals surface area (Å²) < 4.78 is 7.15. The Morgan fingerprint density at radius 2 is 2.27 bits per heavy atom. The Morgan fingerprint density at radius 1 is 1.50 bits per heavy atom. The summed E-state index contributed by atoms with van der Waals surface area (Å²) >= 11 is 6.13. The van der Waals surface area contributed by atoms with Gasteiger partial charge < -0.3 is 15.0 Å². The highest BCUT2D eigenvalue weighted by atomic mass is 79.9. The SMILES string of the molecule is Br.CCOC(=O)Cn1c2c(c3cc(Cl)ccc31)CC(N)CC2. The van der Waals surface area contributed by atoms with Crippen LogP contribution >= 0.6 is 28.6 Å². The molecule has 6 heteroatoms. The molecule has 120 valence electrons. The van der Waals surface area contributed by atoms with Crippen LogP contribution in [-0.4, -0.2) is 23.2 Å². The predicted molar refractivity (Wildman–Crippen MR) is 93.9 cm³/mol. The van der Waals surface area contributed by atoms with E-state index in [1.807, 2.05) is 25.1 Å². The molecule has 0 radical (unpaired) electrons. The third kappa shape index (κ3) is 3.16. The molecule has 0 saturated carbocycles. The Kier molecular flexibility index (Phi) is 5.53. The Bertz CT molecular complexity index is 699. The van der Waals surface area contributed by atoms with E-state index in [4.69, 9.17) is 22.1 Å². The van der Waals surface area contributed by atoms with Crippen molar-refractivity contribution in [3.63, 3.8) is 0 Å². The van der Waals surface area contributed by atoms with Crippen molar-refractivity contribution in [3.05, 3.63) is 34.5 Å². The first-order valence-corrected chi connectivity index (χ1v) is 7.68. The van der Waals surface area contributed by atoms with Gasteiger partial charge in [0.2, 0.25) is 0 Å². The van der Waals surface area contributed by atoms with Crippen LogP contribution in [0.5, 0.6) is 0 Å². The molecule has 0 spiro atoms. The summed E-state index contributed by atoms with van der Waals surface area (Å²) in [6.45, 7) is 2.47. The maximum atomic E-state index is 11.9. The van der Waals surface area contributed by atoms with Gasteiger partial charge in [0.05, 0.1) is 6.61 Å². The number of carbonyl (C=O) groups excluding carboxylic acids is 1. The van der Waals surface area contributed by atoms with Gasteiger partial charge in [-0.25, -0.2) is 0 Å². The zero-order chi connectivity index (χ0) is 15.0. The highest BCUT2D eigenvalue weighted by Crippen LogP contribution is 2.33. The second kappa shape index (κ2) is 7.02. The zero-order valence-corrected chi connectivity index (χ0v) is 14.9. The smallest absolute Gasteiger partial charge is 0.325 e. The molecule has 1 aromatic carbocycles. The quantitative estimate of drug-likeness (QED) is 0.823. The molecule has 1 aliphatic rings. The lowest BCUT2D eigenvalue weighted by Gasteiger charge is -2.20. The van der Waals surface area contributed by atoms with Gasteiger partial charge in [0.25, 0.3) is 0 Å². The fraction of sp³-hybridized carbons (Fsp3) is 0.438. The second-order valence-electron chi connectivity index (χ2n) is 5.48. The fourth-order valence-electron chi connectivity index (χ4n) is 3.17. The van der Waals surface area contributed by atoms with E-state index in [2.05, 4.69) is 4.57 Å². The first kappa shape index (κ1) is 17.3. The first-order valence-electron chi connectivity index (χ1n) is 7.30. The Morgan fingerprint density at radius 3 is 3.00 bits per heavy atom. The lowest BCUT2D eigenvalue weighted by molar-refractivity contribution is -0.143. The third-order valence-electron chi connectivity index (χ3n) is 4.06. The lowest BCUT2D eigenvalue weighted by atomic mass is 9.92. The van der Waals surface area contributed by atoms with Crippen LogP contribution in [0.15, 0.2) is 18.2 Å². The van der Waals surface area contributed by atoms with Gasteiger partial charge in [-0.05, 0) is 49.9 Å². The number of carbonyl (C=O) groups is 1. The lowest BCUT2D eigenvalue weighted by Crippen LogP contribution is -2.28. The Balaban J connectivity index is 0.00000176. The topological polar surface area (TPSA) is 57.2 Å². The number of hydrogen-bond acceptors (Lipinski definition) is 3. The van der Waals surface area contributed by atoms with Crippen LogP contribution in [0, 0.1) is 0 Å². The van der Waals surface area contributed by atoms with Gasteiger partial charge in [0, 0.05) is 27.7 Å². The number of hydrogen-bond donors (Lipinski definition) is 1. The van der Waals surface area contributed by atoms with Gasteiger partial charge in [-0.1, -0.05) is 11.6 Å². The molecular formula is C16H20BrClN2O2. The minimum absolute atomic E-state index is 0. The summed E-state index contributed by atoms with van der Waals surface area (Å²) in [5.74, 6) is -0.206. The molecular weight excluding hydrogens is 368 g/mol. The van der Waals surface area contributed by atoms with Gasteiger partial charge in [-0.15, -0.1) is 17.0 Å². The number of rotatable bonds is 3. The number of aromatic nitrogens is 1. The van der Waals surface area contributed by atoms with Gasteiger partial charge in [0.1, 0.15) is 6.54 Å². The van der Waals surface area contributed by atoms with Crippen LogP contribution in [0.25, 0.3) is 10.9 Å². The van der Waals surface area contributed by atoms with Crippen molar-refractivity contribution >= 4 is 45.5 Å². The van der Waals surface area contributed by atoms with E-state index in [0.29, 0.717) is 11.6 Å². The molecule has 22 heavy (non-hydrogen) atoms. The zero-order valence-electron chi connectivity index (χ0n) is 12.5. The van der Waals surface area contributed by atoms with Crippen LogP contribution in [-0.2, 0) is 28.9 Å². The second-order valence-corrected chi connectivity index (χ2v) is 5.92. The van der Waals surface area contributed by atoms with Crippen molar-refractivity contribution in [2.45, 2.75) is 38.8 Å². The van der Waals surface area contributed by atoms with Crippen molar-refractivity contribution in [1.29, 1.82) is 0 Å². The van der Waals surface area contributed by atoms with E-state index in [1.54, 1.807) is 0 Å². The Hall–Kier alpha value is -1.04. The van der Waals surface area contributed by atoms with E-state index in [0.717, 1.165) is 30.2 Å². The van der Waals surface area contributed by atoms with E-state index in [9.17, 15) is 4.79 Å². The number of esters is 1. The molecule has 0 amide bonds. The standard InChI is InChI=1S/C16H19ClN2O2.BrH/c1-2-21-16(20)9-19-14-5-3-10(17)7-12(14)13-8-11(18)4-6-15(13)19;/h3,5,7,11H,2,4,6,8-9,18H2,1H3;1H. The molecule has 1 heterocycles. The summed E-state index contributed by atoms with van der Waals surface area (Å²) in [5.41, 5.74) is 9.57. The maximum absolute atomic E-state index is 11.9. The van der Waals surface area contributed by atoms with Crippen molar-refractivity contribution in [2.75, 3.05) is 6.61 Å². The van der Waals surface area contributed by atoms with Crippen molar-refractivity contribution in [1.82, 2.24) is 4.57 Å². The summed E-state index contributed by atoms with van der Waals surface area (Å²) in [7, 11) is 0. The molecule has 1 aliphatic carbocycles. The largest absolute Gasteiger partial charge is 0.465 e. The van der Waals surface area contributed by atoms with Gasteiger partial charge >= 0.3 is 5.97 Å². The molecule has 2 aromatic rings. The first-order chi connectivity index (χ1) is 10.1. The summed E-state index contributed by atoms with van der Waals surface area (Å²) in [5, 5.41) is 1.81. The number of nitrogens with zero attached hydrogens (tertiary/aromatic N) is 1. The summed E-state index contributed by atoms with van der Waals surface area (Å²) in [6, 6.07) is 5.98. The summed E-state index contributed by atoms with van der Waals surface area (Å²) in [4.78, 5) is 11.9. The minimum atomic E-state index is -0.206. The van der Waals surface area contributed by atoms with Crippen LogP contribution in [0.2, 0.25) is 5.02 Å². The molecule has 1 unspecified atom stereocenters. The average Bonchev–Trinajstić information content (AvgIpc) is 2.72. The Labute approximate surface area is 145 Å². The number of benzene rings is 1. The molecule has 0 saturated heterocycles. The van der Waals surface area contributed by atoms with Crippen molar-refractivity contribution in [3.8, 4) is 0 Å². The van der Waals surface area contributed by atoms with E-state index in [1.165, 1.54) is 11.3 Å². The molecule has 0 aliphatic heterocycles. The highest BCUT2D eigenvalue weighted by molar-refractivity contribution is 8.93. The van der Waals surface area contributed by atoms with Crippen LogP contribution < -0.4 is 5.73 Å². The van der Waals surface area contributed by atoms with Crippen LogP contribution in [0.3, 0.4) is 0 Å². The molecule has 2 N–H and O–H groups in total. The van der Waals surface area contributed by atoms with E-state index in [-0.39, 0.29) is 35.5 Å². The van der Waals surface area contributed by atoms with Gasteiger partial charge in [0.15, 0.2) is 0 Å². The van der Waals surface area contributed by atoms with Crippen molar-refractivity contribution < 1.29 is 9.53 Å². The predicted octanol–water partition coefficient (Wildman–Crippen LogP) is 3.25. The van der Waals surface area contributed by atoms with E-state index >= 15 is 0 Å². The van der Waals surface area contributed by atoms with Crippen molar-refractivity contribution in [2.24, 2.45) is 5.73 Å². The number of fused-ring (bicyclic) bond motifs is 3. The fourth-order valence-corrected chi connectivity index (χ4v) is 3.34. The molecule has 1 aromatic heterocycles. The summed E-state index contributed by atoms with van der Waals surface area (Å²) in [6.07, 6.45) is 2.67. The van der Waals surface area contributed by atoms with Crippen LogP contribution in [0.1, 0.15) is 24.6 Å².